The topological polar surface area (TPSA) is 83.4 Å². The maximum absolute atomic E-state index is 12.0. The van der Waals surface area contributed by atoms with Crippen LogP contribution in [0.2, 0.25) is 0 Å². The molecule has 2 heterocycles. The van der Waals surface area contributed by atoms with Crippen LogP contribution in [-0.4, -0.2) is 31.4 Å². The first-order valence-electron chi connectivity index (χ1n) is 7.73. The van der Waals surface area contributed by atoms with Gasteiger partial charge in [-0.15, -0.1) is 12.4 Å². The zero-order valence-electron chi connectivity index (χ0n) is 13.4. The van der Waals surface area contributed by atoms with E-state index in [4.69, 9.17) is 4.42 Å². The summed E-state index contributed by atoms with van der Waals surface area (Å²) in [6.07, 6.45) is 0.333. The van der Waals surface area contributed by atoms with Gasteiger partial charge in [0.25, 0.3) is 5.91 Å². The molecule has 0 spiro atoms. The fourth-order valence-electron chi connectivity index (χ4n) is 2.33. The van der Waals surface area contributed by atoms with Crippen LogP contribution in [0.4, 0.5) is 5.69 Å². The van der Waals surface area contributed by atoms with Gasteiger partial charge in [-0.3, -0.25) is 9.59 Å². The normalized spacial score (nSPS) is 13.5. The molecule has 0 saturated carbocycles. The highest BCUT2D eigenvalue weighted by Gasteiger charge is 2.17. The van der Waals surface area contributed by atoms with Gasteiger partial charge in [0, 0.05) is 31.2 Å². The van der Waals surface area contributed by atoms with Crippen LogP contribution in [-0.2, 0) is 11.2 Å². The van der Waals surface area contributed by atoms with Crippen molar-refractivity contribution in [1.82, 2.24) is 10.6 Å². The van der Waals surface area contributed by atoms with Gasteiger partial charge in [-0.05, 0) is 45.8 Å². The Balaban J connectivity index is 0.00000225. The second-order valence-corrected chi connectivity index (χ2v) is 6.54. The lowest BCUT2D eigenvalue weighted by Gasteiger charge is -2.27. The summed E-state index contributed by atoms with van der Waals surface area (Å²) in [5.41, 5.74) is 1.55. The lowest BCUT2D eigenvalue weighted by molar-refractivity contribution is -0.120. The molecule has 2 aromatic rings. The van der Waals surface area contributed by atoms with Gasteiger partial charge in [0.05, 0.1) is 6.42 Å². The molecule has 0 bridgehead atoms. The summed E-state index contributed by atoms with van der Waals surface area (Å²) in [4.78, 5) is 23.9. The van der Waals surface area contributed by atoms with Crippen molar-refractivity contribution in [2.75, 3.05) is 25.0 Å². The Hall–Kier alpha value is -1.83. The van der Waals surface area contributed by atoms with Gasteiger partial charge in [-0.25, -0.2) is 0 Å². The minimum atomic E-state index is -0.319. The molecule has 1 aromatic carbocycles. The van der Waals surface area contributed by atoms with E-state index in [2.05, 4.69) is 31.9 Å². The number of hydrogen-bond donors (Lipinski definition) is 3. The van der Waals surface area contributed by atoms with E-state index in [1.807, 2.05) is 12.1 Å². The highest BCUT2D eigenvalue weighted by molar-refractivity contribution is 9.10. The SMILES string of the molecule is Cl.O=C(Cc1ccc(NC(=O)c2ccc(Br)o2)cc1)NCC1CNC1. The van der Waals surface area contributed by atoms with Crippen LogP contribution >= 0.6 is 28.3 Å². The van der Waals surface area contributed by atoms with Crippen LogP contribution in [0.15, 0.2) is 45.5 Å². The van der Waals surface area contributed by atoms with Crippen LogP contribution in [0, 0.1) is 5.92 Å². The van der Waals surface area contributed by atoms with Crippen molar-refractivity contribution in [3.63, 3.8) is 0 Å². The molecule has 1 aliphatic heterocycles. The molecule has 25 heavy (non-hydrogen) atoms. The molecular weight excluding hydrogens is 410 g/mol. The van der Waals surface area contributed by atoms with E-state index in [-0.39, 0.29) is 30.0 Å². The predicted octanol–water partition coefficient (Wildman–Crippen LogP) is 2.59. The first kappa shape index (κ1) is 19.5. The first-order chi connectivity index (χ1) is 11.6. The second kappa shape index (κ2) is 9.03. The van der Waals surface area contributed by atoms with Gasteiger partial charge in [0.15, 0.2) is 10.4 Å². The highest BCUT2D eigenvalue weighted by Crippen LogP contribution is 2.16. The molecule has 8 heteroatoms. The van der Waals surface area contributed by atoms with E-state index in [9.17, 15) is 9.59 Å². The molecule has 3 N–H and O–H groups in total. The second-order valence-electron chi connectivity index (χ2n) is 5.76. The van der Waals surface area contributed by atoms with Crippen molar-refractivity contribution in [2.45, 2.75) is 6.42 Å². The summed E-state index contributed by atoms with van der Waals surface area (Å²) in [5.74, 6) is 0.475. The van der Waals surface area contributed by atoms with Crippen LogP contribution in [0.5, 0.6) is 0 Å². The van der Waals surface area contributed by atoms with Crippen molar-refractivity contribution < 1.29 is 14.0 Å². The van der Waals surface area contributed by atoms with Gasteiger partial charge in [0.2, 0.25) is 5.91 Å². The number of furan rings is 1. The van der Waals surface area contributed by atoms with Gasteiger partial charge < -0.3 is 20.4 Å². The summed E-state index contributed by atoms with van der Waals surface area (Å²) in [6.45, 7) is 2.67. The molecule has 6 nitrogen and oxygen atoms in total. The van der Waals surface area contributed by atoms with Crippen LogP contribution in [0.25, 0.3) is 0 Å². The van der Waals surface area contributed by atoms with Gasteiger partial charge >= 0.3 is 0 Å². The standard InChI is InChI=1S/C17H18BrN3O3.ClH/c18-15-6-5-14(24-15)17(23)21-13-3-1-11(2-4-13)7-16(22)20-10-12-8-19-9-12;/h1-6,12,19H,7-10H2,(H,20,22)(H,21,23);1H. The lowest BCUT2D eigenvalue weighted by atomic mass is 10.0. The fourth-order valence-corrected chi connectivity index (χ4v) is 2.64. The predicted molar refractivity (Wildman–Crippen MR) is 101 cm³/mol. The van der Waals surface area contributed by atoms with E-state index >= 15 is 0 Å². The van der Waals surface area contributed by atoms with Crippen molar-refractivity contribution in [3.8, 4) is 0 Å². The zero-order chi connectivity index (χ0) is 16.9. The third-order valence-corrected chi connectivity index (χ3v) is 4.25. The number of carbonyl (C=O) groups excluding carboxylic acids is 2. The average molecular weight is 429 g/mol. The Kier molecular flexibility index (Phi) is 7.04. The average Bonchev–Trinajstić information content (AvgIpc) is 2.94. The first-order valence-corrected chi connectivity index (χ1v) is 8.52. The summed E-state index contributed by atoms with van der Waals surface area (Å²) >= 11 is 3.16. The van der Waals surface area contributed by atoms with Crippen molar-refractivity contribution >= 4 is 45.8 Å². The van der Waals surface area contributed by atoms with Gasteiger partial charge in [0.1, 0.15) is 0 Å². The molecule has 1 saturated heterocycles. The van der Waals surface area contributed by atoms with E-state index in [0.717, 1.165) is 25.2 Å². The number of rotatable bonds is 6. The highest BCUT2D eigenvalue weighted by atomic mass is 79.9. The maximum Gasteiger partial charge on any atom is 0.291 e. The number of halogens is 2. The number of carbonyl (C=O) groups is 2. The van der Waals surface area contributed by atoms with Crippen molar-refractivity contribution in [2.24, 2.45) is 5.92 Å². The smallest absolute Gasteiger partial charge is 0.291 e. The summed E-state index contributed by atoms with van der Waals surface area (Å²) < 4.78 is 5.71. The monoisotopic (exact) mass is 427 g/mol. The third-order valence-electron chi connectivity index (χ3n) is 3.83. The Morgan fingerprint density at radius 1 is 1.16 bits per heavy atom. The van der Waals surface area contributed by atoms with Crippen molar-refractivity contribution in [1.29, 1.82) is 0 Å². The largest absolute Gasteiger partial charge is 0.444 e. The van der Waals surface area contributed by atoms with Crippen LogP contribution < -0.4 is 16.0 Å². The lowest BCUT2D eigenvalue weighted by Crippen LogP contribution is -2.48. The molecule has 0 atom stereocenters. The molecule has 134 valence electrons. The summed E-state index contributed by atoms with van der Waals surface area (Å²) in [7, 11) is 0. The number of hydrogen-bond acceptors (Lipinski definition) is 4. The molecule has 2 amide bonds. The van der Waals surface area contributed by atoms with Gasteiger partial charge in [-0.2, -0.15) is 0 Å². The van der Waals surface area contributed by atoms with Gasteiger partial charge in [-0.1, -0.05) is 12.1 Å². The van der Waals surface area contributed by atoms with E-state index < -0.39 is 0 Å². The Labute approximate surface area is 160 Å². The number of benzene rings is 1. The Morgan fingerprint density at radius 2 is 1.88 bits per heavy atom. The van der Waals surface area contributed by atoms with Crippen molar-refractivity contribution in [3.05, 3.63) is 52.4 Å². The molecule has 0 radical (unpaired) electrons. The van der Waals surface area contributed by atoms with E-state index in [1.165, 1.54) is 0 Å². The third kappa shape index (κ3) is 5.59. The number of amides is 2. The molecule has 1 fully saturated rings. The minimum Gasteiger partial charge on any atom is -0.444 e. The maximum atomic E-state index is 12.0. The van der Waals surface area contributed by atoms with E-state index in [0.29, 0.717) is 22.7 Å². The molecule has 0 unspecified atom stereocenters. The van der Waals surface area contributed by atoms with Crippen LogP contribution in [0.3, 0.4) is 0 Å². The molecule has 0 aliphatic carbocycles. The quantitative estimate of drug-likeness (QED) is 0.660. The molecule has 1 aliphatic rings. The Morgan fingerprint density at radius 3 is 2.44 bits per heavy atom. The number of nitrogens with one attached hydrogen (secondary N) is 3. The van der Waals surface area contributed by atoms with E-state index in [1.54, 1.807) is 24.3 Å². The fraction of sp³-hybridized carbons (Fsp3) is 0.294. The summed E-state index contributed by atoms with van der Waals surface area (Å²) in [5, 5.41) is 8.86. The zero-order valence-corrected chi connectivity index (χ0v) is 15.8. The molecule has 1 aromatic heterocycles. The minimum absolute atomic E-state index is 0. The molecule has 3 rings (SSSR count). The van der Waals surface area contributed by atoms with Crippen LogP contribution in [0.1, 0.15) is 16.1 Å². The number of anilines is 1. The Bertz CT molecular complexity index is 729. The summed E-state index contributed by atoms with van der Waals surface area (Å²) in [6, 6.07) is 10.5. The molecular formula is C17H19BrClN3O3.